The van der Waals surface area contributed by atoms with Gasteiger partial charge in [-0.15, -0.1) is 0 Å². The van der Waals surface area contributed by atoms with Gasteiger partial charge in [0, 0.05) is 5.56 Å². The summed E-state index contributed by atoms with van der Waals surface area (Å²) in [6.07, 6.45) is 1.88. The Morgan fingerprint density at radius 2 is 1.82 bits per heavy atom. The third-order valence-corrected chi connectivity index (χ3v) is 3.33. The minimum atomic E-state index is -1.13. The lowest BCUT2D eigenvalue weighted by Gasteiger charge is -2.15. The molecule has 6 heteroatoms. The van der Waals surface area contributed by atoms with E-state index in [-0.39, 0.29) is 12.2 Å². The Balaban J connectivity index is 3.09. The summed E-state index contributed by atoms with van der Waals surface area (Å²) in [4.78, 5) is 34.2. The van der Waals surface area contributed by atoms with E-state index in [0.717, 1.165) is 12.8 Å². The van der Waals surface area contributed by atoms with Crippen molar-refractivity contribution in [2.75, 3.05) is 6.61 Å². The van der Waals surface area contributed by atoms with Crippen molar-refractivity contribution in [3.63, 3.8) is 0 Å². The SMILES string of the molecule is CCCCOc1ccc(C(C)=O)cc1CC(C(N)=O)C(N)=O. The Morgan fingerprint density at radius 1 is 1.18 bits per heavy atom. The second kappa shape index (κ2) is 8.17. The van der Waals surface area contributed by atoms with Crippen LogP contribution in [0.4, 0.5) is 0 Å². The van der Waals surface area contributed by atoms with Crippen LogP contribution in [0.1, 0.15) is 42.6 Å². The number of amides is 2. The molecule has 6 nitrogen and oxygen atoms in total. The van der Waals surface area contributed by atoms with E-state index in [4.69, 9.17) is 16.2 Å². The molecule has 0 saturated carbocycles. The number of nitrogens with two attached hydrogens (primary N) is 2. The molecule has 1 rings (SSSR count). The van der Waals surface area contributed by atoms with Gasteiger partial charge >= 0.3 is 0 Å². The quantitative estimate of drug-likeness (QED) is 0.405. The number of ether oxygens (including phenoxy) is 1. The number of hydrogen-bond acceptors (Lipinski definition) is 4. The van der Waals surface area contributed by atoms with Crippen LogP contribution in [-0.4, -0.2) is 24.2 Å². The maximum atomic E-state index is 11.5. The summed E-state index contributed by atoms with van der Waals surface area (Å²) in [7, 11) is 0. The summed E-state index contributed by atoms with van der Waals surface area (Å²) in [5, 5.41) is 0. The highest BCUT2D eigenvalue weighted by molar-refractivity contribution is 5.99. The fourth-order valence-electron chi connectivity index (χ4n) is 1.99. The van der Waals surface area contributed by atoms with Gasteiger partial charge < -0.3 is 16.2 Å². The lowest BCUT2D eigenvalue weighted by molar-refractivity contribution is -0.131. The van der Waals surface area contributed by atoms with E-state index in [1.165, 1.54) is 6.92 Å². The molecule has 0 fully saturated rings. The molecule has 0 aliphatic carbocycles. The van der Waals surface area contributed by atoms with E-state index in [9.17, 15) is 14.4 Å². The van der Waals surface area contributed by atoms with Crippen LogP contribution in [-0.2, 0) is 16.0 Å². The first-order chi connectivity index (χ1) is 10.4. The highest BCUT2D eigenvalue weighted by Crippen LogP contribution is 2.24. The number of rotatable bonds is 9. The van der Waals surface area contributed by atoms with Crippen LogP contribution in [0.25, 0.3) is 0 Å². The van der Waals surface area contributed by atoms with Crippen LogP contribution in [0.3, 0.4) is 0 Å². The molecule has 120 valence electrons. The van der Waals surface area contributed by atoms with Gasteiger partial charge in [0.25, 0.3) is 0 Å². The molecule has 0 aliphatic heterocycles. The van der Waals surface area contributed by atoms with E-state index in [1.54, 1.807) is 18.2 Å². The van der Waals surface area contributed by atoms with Gasteiger partial charge in [0.15, 0.2) is 5.78 Å². The van der Waals surface area contributed by atoms with Crippen LogP contribution in [0.2, 0.25) is 0 Å². The third kappa shape index (κ3) is 4.87. The van der Waals surface area contributed by atoms with Gasteiger partial charge in [-0.25, -0.2) is 0 Å². The molecule has 0 heterocycles. The van der Waals surface area contributed by atoms with Crippen molar-refractivity contribution in [1.29, 1.82) is 0 Å². The number of benzene rings is 1. The Hall–Kier alpha value is -2.37. The molecule has 2 amide bonds. The van der Waals surface area contributed by atoms with Gasteiger partial charge in [-0.05, 0) is 43.5 Å². The standard InChI is InChI=1S/C16H22N2O4/c1-3-4-7-22-14-6-5-11(10(2)19)8-12(14)9-13(15(17)20)16(18)21/h5-6,8,13H,3-4,7,9H2,1-2H3,(H2,17,20)(H2,18,21). The summed E-state index contributed by atoms with van der Waals surface area (Å²) in [6.45, 7) is 4.00. The Kier molecular flexibility index (Phi) is 6.56. The van der Waals surface area contributed by atoms with E-state index >= 15 is 0 Å². The van der Waals surface area contributed by atoms with Gasteiger partial charge in [-0.2, -0.15) is 0 Å². The normalized spacial score (nSPS) is 10.5. The van der Waals surface area contributed by atoms with Crippen molar-refractivity contribution in [2.45, 2.75) is 33.1 Å². The first-order valence-electron chi connectivity index (χ1n) is 7.22. The lowest BCUT2D eigenvalue weighted by atomic mass is 9.95. The van der Waals surface area contributed by atoms with E-state index in [0.29, 0.717) is 23.5 Å². The molecule has 1 aromatic rings. The van der Waals surface area contributed by atoms with Crippen molar-refractivity contribution in [1.82, 2.24) is 0 Å². The molecule has 0 aliphatic rings. The number of primary amides is 2. The number of hydrogen-bond donors (Lipinski definition) is 2. The average Bonchev–Trinajstić information content (AvgIpc) is 2.45. The van der Waals surface area contributed by atoms with Gasteiger partial charge in [-0.3, -0.25) is 14.4 Å². The molecule has 4 N–H and O–H groups in total. The molecular formula is C16H22N2O4. The van der Waals surface area contributed by atoms with Crippen molar-refractivity contribution in [3.8, 4) is 5.75 Å². The number of ketones is 1. The third-order valence-electron chi connectivity index (χ3n) is 3.33. The van der Waals surface area contributed by atoms with Crippen LogP contribution < -0.4 is 16.2 Å². The minimum absolute atomic E-state index is 0.0211. The second-order valence-corrected chi connectivity index (χ2v) is 5.14. The Morgan fingerprint density at radius 3 is 2.32 bits per heavy atom. The van der Waals surface area contributed by atoms with Crippen LogP contribution in [0.15, 0.2) is 18.2 Å². The molecule has 0 aromatic heterocycles. The predicted molar refractivity (Wildman–Crippen MR) is 82.4 cm³/mol. The first kappa shape index (κ1) is 17.7. The van der Waals surface area contributed by atoms with Crippen molar-refractivity contribution < 1.29 is 19.1 Å². The number of carbonyl (C=O) groups excluding carboxylic acids is 3. The van der Waals surface area contributed by atoms with Gasteiger partial charge in [0.2, 0.25) is 11.8 Å². The van der Waals surface area contributed by atoms with Gasteiger partial charge in [-0.1, -0.05) is 13.3 Å². The van der Waals surface area contributed by atoms with Crippen LogP contribution in [0.5, 0.6) is 5.75 Å². The van der Waals surface area contributed by atoms with Crippen LogP contribution in [0, 0.1) is 5.92 Å². The molecule has 0 unspecified atom stereocenters. The highest BCUT2D eigenvalue weighted by atomic mass is 16.5. The molecule has 0 saturated heterocycles. The minimum Gasteiger partial charge on any atom is -0.493 e. The van der Waals surface area contributed by atoms with Crippen molar-refractivity contribution >= 4 is 17.6 Å². The maximum Gasteiger partial charge on any atom is 0.230 e. The number of unbranched alkanes of at least 4 members (excludes halogenated alkanes) is 1. The van der Waals surface area contributed by atoms with E-state index in [1.807, 2.05) is 6.92 Å². The highest BCUT2D eigenvalue weighted by Gasteiger charge is 2.24. The Labute approximate surface area is 129 Å². The lowest BCUT2D eigenvalue weighted by Crippen LogP contribution is -2.36. The van der Waals surface area contributed by atoms with Crippen molar-refractivity contribution in [2.24, 2.45) is 17.4 Å². The van der Waals surface area contributed by atoms with Crippen molar-refractivity contribution in [3.05, 3.63) is 29.3 Å². The summed E-state index contributed by atoms with van der Waals surface area (Å²) in [5.74, 6) is -2.29. The fraction of sp³-hybridized carbons (Fsp3) is 0.438. The van der Waals surface area contributed by atoms with Crippen LogP contribution >= 0.6 is 0 Å². The molecule has 0 radical (unpaired) electrons. The molecule has 22 heavy (non-hydrogen) atoms. The predicted octanol–water partition coefficient (Wildman–Crippen LogP) is 1.20. The zero-order chi connectivity index (χ0) is 16.7. The summed E-state index contributed by atoms with van der Waals surface area (Å²) in [5.41, 5.74) is 11.5. The zero-order valence-corrected chi connectivity index (χ0v) is 12.9. The van der Waals surface area contributed by atoms with E-state index in [2.05, 4.69) is 0 Å². The second-order valence-electron chi connectivity index (χ2n) is 5.14. The zero-order valence-electron chi connectivity index (χ0n) is 12.9. The molecule has 0 spiro atoms. The monoisotopic (exact) mass is 306 g/mol. The van der Waals surface area contributed by atoms with Gasteiger partial charge in [0.1, 0.15) is 11.7 Å². The summed E-state index contributed by atoms with van der Waals surface area (Å²) < 4.78 is 5.66. The largest absolute Gasteiger partial charge is 0.493 e. The molecule has 1 aromatic carbocycles. The fourth-order valence-corrected chi connectivity index (χ4v) is 1.99. The number of carbonyl (C=O) groups is 3. The molecular weight excluding hydrogens is 284 g/mol. The van der Waals surface area contributed by atoms with Gasteiger partial charge in [0.05, 0.1) is 6.61 Å². The first-order valence-corrected chi connectivity index (χ1v) is 7.22. The summed E-state index contributed by atoms with van der Waals surface area (Å²) >= 11 is 0. The molecule has 0 bridgehead atoms. The Bertz CT molecular complexity index is 555. The average molecular weight is 306 g/mol. The smallest absolute Gasteiger partial charge is 0.230 e. The summed E-state index contributed by atoms with van der Waals surface area (Å²) in [6, 6.07) is 4.93. The van der Waals surface area contributed by atoms with E-state index < -0.39 is 17.7 Å². The topological polar surface area (TPSA) is 112 Å². The molecule has 0 atom stereocenters. The number of Topliss-reactive ketones (excluding diaryl/α,β-unsaturated/α-hetero) is 1. The maximum absolute atomic E-state index is 11.5.